The summed E-state index contributed by atoms with van der Waals surface area (Å²) in [5.74, 6) is 0.248. The number of carbonyl (C=O) groups is 1. The Morgan fingerprint density at radius 1 is 1.03 bits per heavy atom. The first-order chi connectivity index (χ1) is 18.0. The summed E-state index contributed by atoms with van der Waals surface area (Å²) in [5.41, 5.74) is 7.24. The lowest BCUT2D eigenvalue weighted by Crippen LogP contribution is -2.33. The van der Waals surface area contributed by atoms with Gasteiger partial charge >= 0.3 is 0 Å². The van der Waals surface area contributed by atoms with E-state index in [4.69, 9.17) is 4.42 Å². The molecule has 7 heteroatoms. The van der Waals surface area contributed by atoms with Crippen molar-refractivity contribution in [2.75, 3.05) is 5.32 Å². The van der Waals surface area contributed by atoms with Gasteiger partial charge in [-0.05, 0) is 78.6 Å². The number of benzene rings is 2. The van der Waals surface area contributed by atoms with Gasteiger partial charge in [0.1, 0.15) is 6.17 Å². The summed E-state index contributed by atoms with van der Waals surface area (Å²) in [7, 11) is 0. The molecule has 0 aliphatic heterocycles. The quantitative estimate of drug-likeness (QED) is 0.280. The molecule has 5 rings (SSSR count). The van der Waals surface area contributed by atoms with E-state index in [1.54, 1.807) is 18.6 Å². The first-order valence-electron chi connectivity index (χ1n) is 12.9. The molecule has 1 atom stereocenters. The number of nitrogens with one attached hydrogen (secondary N) is 3. The topological polar surface area (TPSA) is 100 Å². The molecule has 1 unspecified atom stereocenters. The second-order valence-corrected chi connectivity index (χ2v) is 9.92. The molecule has 0 bridgehead atoms. The number of hydrogen-bond acceptors (Lipinski definition) is 5. The second-order valence-electron chi connectivity index (χ2n) is 9.92. The van der Waals surface area contributed by atoms with Gasteiger partial charge < -0.3 is 15.1 Å². The molecule has 1 amide bonds. The molecule has 7 nitrogen and oxygen atoms in total. The minimum absolute atomic E-state index is 0.0804. The number of aromatic amines is 1. The molecule has 190 valence electrons. The molecule has 0 saturated carbocycles. The van der Waals surface area contributed by atoms with E-state index in [2.05, 4.69) is 46.8 Å². The van der Waals surface area contributed by atoms with Crippen molar-refractivity contribution in [3.05, 3.63) is 117 Å². The van der Waals surface area contributed by atoms with E-state index in [0.717, 1.165) is 59.3 Å². The third-order valence-electron chi connectivity index (χ3n) is 6.98. The normalized spacial score (nSPS) is 13.7. The third kappa shape index (κ3) is 5.66. The van der Waals surface area contributed by atoms with Gasteiger partial charge in [0, 0.05) is 28.8 Å². The minimum Gasteiger partial charge on any atom is -0.472 e. The molecule has 0 fully saturated rings. The molecule has 1 aliphatic carbocycles. The minimum atomic E-state index is -0.465. The lowest BCUT2D eigenvalue weighted by molar-refractivity contribution is 0.0941. The second kappa shape index (κ2) is 10.9. The average molecular weight is 497 g/mol. The number of anilines is 1. The Bertz CT molecular complexity index is 1420. The summed E-state index contributed by atoms with van der Waals surface area (Å²) in [5, 5.41) is 13.5. The number of fused-ring (bicyclic) bond motifs is 1. The molecule has 37 heavy (non-hydrogen) atoms. The van der Waals surface area contributed by atoms with Gasteiger partial charge in [-0.3, -0.25) is 9.59 Å². The van der Waals surface area contributed by atoms with E-state index in [9.17, 15) is 9.59 Å². The molecular weight excluding hydrogens is 464 g/mol. The monoisotopic (exact) mass is 496 g/mol. The van der Waals surface area contributed by atoms with Gasteiger partial charge in [0.25, 0.3) is 11.5 Å². The Morgan fingerprint density at radius 2 is 1.81 bits per heavy atom. The van der Waals surface area contributed by atoms with Gasteiger partial charge in [0.05, 0.1) is 18.2 Å². The Morgan fingerprint density at radius 3 is 2.54 bits per heavy atom. The highest BCUT2D eigenvalue weighted by Crippen LogP contribution is 2.24. The van der Waals surface area contributed by atoms with Crippen molar-refractivity contribution in [2.45, 2.75) is 58.0 Å². The van der Waals surface area contributed by atoms with Crippen LogP contribution in [0.2, 0.25) is 0 Å². The fraction of sp³-hybridized carbons (Fsp3) is 0.300. The predicted octanol–water partition coefficient (Wildman–Crippen LogP) is 5.50. The van der Waals surface area contributed by atoms with E-state index in [-0.39, 0.29) is 11.5 Å². The highest BCUT2D eigenvalue weighted by molar-refractivity contribution is 5.94. The molecule has 0 spiro atoms. The Kier molecular flexibility index (Phi) is 7.21. The van der Waals surface area contributed by atoms with Gasteiger partial charge in [-0.15, -0.1) is 0 Å². The molecule has 2 aromatic carbocycles. The zero-order chi connectivity index (χ0) is 25.8. The maximum atomic E-state index is 13.3. The maximum Gasteiger partial charge on any atom is 0.267 e. The van der Waals surface area contributed by atoms with Crippen LogP contribution in [0.15, 0.2) is 76.3 Å². The van der Waals surface area contributed by atoms with E-state index in [1.165, 1.54) is 5.56 Å². The van der Waals surface area contributed by atoms with E-state index in [0.29, 0.717) is 17.9 Å². The van der Waals surface area contributed by atoms with Crippen molar-refractivity contribution >= 4 is 11.6 Å². The van der Waals surface area contributed by atoms with Crippen LogP contribution in [0, 0.1) is 0 Å². The van der Waals surface area contributed by atoms with Crippen LogP contribution in [0.4, 0.5) is 5.69 Å². The molecule has 3 N–H and O–H groups in total. The zero-order valence-electron chi connectivity index (χ0n) is 21.2. The fourth-order valence-electron chi connectivity index (χ4n) is 4.88. The number of rotatable bonds is 8. The number of hydrogen-bond donors (Lipinski definition) is 3. The summed E-state index contributed by atoms with van der Waals surface area (Å²) in [6.07, 6.45) is 7.08. The van der Waals surface area contributed by atoms with Crippen LogP contribution in [0.25, 0.3) is 0 Å². The van der Waals surface area contributed by atoms with Crippen molar-refractivity contribution in [1.29, 1.82) is 0 Å². The van der Waals surface area contributed by atoms with Crippen molar-refractivity contribution in [3.8, 4) is 0 Å². The van der Waals surface area contributed by atoms with E-state index < -0.39 is 6.17 Å². The van der Waals surface area contributed by atoms with Crippen molar-refractivity contribution in [3.63, 3.8) is 0 Å². The number of carbonyl (C=O) groups excluding carboxylic acids is 1. The van der Waals surface area contributed by atoms with Gasteiger partial charge in [-0.25, -0.2) is 5.10 Å². The standard InChI is InChI=1S/C30H32N4O3/c1-19(2)21-10-12-24(13-11-21)31-28(23-14-15-37-18-23)32-29(35)22-7-5-6-20(16-22)17-27-25-8-3-4-9-26(25)30(36)34-33-27/h5-7,10-16,18-19,28,31H,3-4,8-9,17H2,1-2H3,(H,32,35)(H,34,36). The molecule has 2 aromatic heterocycles. The fourth-order valence-corrected chi connectivity index (χ4v) is 4.88. The SMILES string of the molecule is CC(C)c1ccc(NC(NC(=O)c2cccc(Cc3n[nH]c(=O)c4c3CCCC4)c2)c2ccoc2)cc1. The molecule has 4 aromatic rings. The molecule has 0 saturated heterocycles. The summed E-state index contributed by atoms with van der Waals surface area (Å²) >= 11 is 0. The van der Waals surface area contributed by atoms with Crippen LogP contribution < -0.4 is 16.2 Å². The van der Waals surface area contributed by atoms with Gasteiger partial charge in [-0.2, -0.15) is 5.10 Å². The summed E-state index contributed by atoms with van der Waals surface area (Å²) in [6.45, 7) is 4.32. The van der Waals surface area contributed by atoms with Gasteiger partial charge in [-0.1, -0.05) is 38.1 Å². The van der Waals surface area contributed by atoms with Crippen LogP contribution in [0.3, 0.4) is 0 Å². The van der Waals surface area contributed by atoms with Crippen LogP contribution in [-0.2, 0) is 19.3 Å². The highest BCUT2D eigenvalue weighted by Gasteiger charge is 2.20. The van der Waals surface area contributed by atoms with E-state index in [1.807, 2.05) is 36.4 Å². The predicted molar refractivity (Wildman–Crippen MR) is 144 cm³/mol. The van der Waals surface area contributed by atoms with Crippen LogP contribution in [0.1, 0.15) is 82.6 Å². The molecule has 1 aliphatic rings. The zero-order valence-corrected chi connectivity index (χ0v) is 21.2. The van der Waals surface area contributed by atoms with Gasteiger partial charge in [0.15, 0.2) is 0 Å². The first kappa shape index (κ1) is 24.6. The van der Waals surface area contributed by atoms with Crippen LogP contribution in [-0.4, -0.2) is 16.1 Å². The Labute approximate surface area is 216 Å². The van der Waals surface area contributed by atoms with Crippen molar-refractivity contribution in [1.82, 2.24) is 15.5 Å². The number of aromatic nitrogens is 2. The lowest BCUT2D eigenvalue weighted by atomic mass is 9.90. The molecule has 2 heterocycles. The Hall–Kier alpha value is -4.13. The van der Waals surface area contributed by atoms with Crippen molar-refractivity contribution in [2.24, 2.45) is 0 Å². The Balaban J connectivity index is 1.34. The molecule has 0 radical (unpaired) electrons. The largest absolute Gasteiger partial charge is 0.472 e. The number of amides is 1. The third-order valence-corrected chi connectivity index (χ3v) is 6.98. The molecular formula is C30H32N4O3. The summed E-state index contributed by atoms with van der Waals surface area (Å²) in [6, 6.07) is 17.6. The van der Waals surface area contributed by atoms with E-state index >= 15 is 0 Å². The number of furan rings is 1. The summed E-state index contributed by atoms with van der Waals surface area (Å²) in [4.78, 5) is 25.5. The van der Waals surface area contributed by atoms with Gasteiger partial charge in [0.2, 0.25) is 0 Å². The highest BCUT2D eigenvalue weighted by atomic mass is 16.3. The first-order valence-corrected chi connectivity index (χ1v) is 12.9. The maximum absolute atomic E-state index is 13.3. The van der Waals surface area contributed by atoms with Crippen LogP contribution in [0.5, 0.6) is 0 Å². The average Bonchev–Trinajstić information content (AvgIpc) is 3.46. The smallest absolute Gasteiger partial charge is 0.267 e. The lowest BCUT2D eigenvalue weighted by Gasteiger charge is -2.21. The number of nitrogens with zero attached hydrogens (tertiary/aromatic N) is 1. The van der Waals surface area contributed by atoms with Crippen molar-refractivity contribution < 1.29 is 9.21 Å². The summed E-state index contributed by atoms with van der Waals surface area (Å²) < 4.78 is 5.29. The number of H-pyrrole nitrogens is 1. The van der Waals surface area contributed by atoms with Crippen LogP contribution >= 0.6 is 0 Å².